The summed E-state index contributed by atoms with van der Waals surface area (Å²) in [6.45, 7) is 0.103. The number of nitrogens with zero attached hydrogens (tertiary/aromatic N) is 3. The van der Waals surface area contributed by atoms with Crippen molar-refractivity contribution in [3.8, 4) is 5.75 Å². The van der Waals surface area contributed by atoms with Crippen LogP contribution in [0, 0.1) is 5.82 Å². The van der Waals surface area contributed by atoms with Crippen molar-refractivity contribution in [3.05, 3.63) is 92.8 Å². The van der Waals surface area contributed by atoms with E-state index in [4.69, 9.17) is 44.0 Å². The van der Waals surface area contributed by atoms with Crippen LogP contribution in [0.1, 0.15) is 21.9 Å². The fraction of sp³-hybridized carbons (Fsp3) is 0.0952. The quantitative estimate of drug-likeness (QED) is 0.348. The van der Waals surface area contributed by atoms with Crippen molar-refractivity contribution in [2.45, 2.75) is 13.2 Å². The molecule has 0 saturated heterocycles. The van der Waals surface area contributed by atoms with Gasteiger partial charge in [-0.3, -0.25) is 10.1 Å². The summed E-state index contributed by atoms with van der Waals surface area (Å²) in [6.07, 6.45) is 1.36. The minimum Gasteiger partial charge on any atom is -0.484 e. The Labute approximate surface area is 196 Å². The standard InChI is InChI=1S/C21H14Cl3FN4O3/c22-14-3-1-5-16(25)13(14)9-29-11-26-21(28-29)27-20(30)18-8-7-12(32-18)10-31-17-6-2-4-15(23)19(17)24/h1-8,11H,9-10H2,(H,27,28,30). The van der Waals surface area contributed by atoms with Crippen LogP contribution in [0.2, 0.25) is 15.1 Å². The van der Waals surface area contributed by atoms with E-state index in [-0.39, 0.29) is 40.5 Å². The molecule has 11 heteroatoms. The van der Waals surface area contributed by atoms with Gasteiger partial charge >= 0.3 is 0 Å². The molecule has 1 N–H and O–H groups in total. The number of benzene rings is 2. The number of rotatable bonds is 7. The largest absolute Gasteiger partial charge is 0.484 e. The van der Waals surface area contributed by atoms with Crippen molar-refractivity contribution >= 4 is 46.7 Å². The predicted molar refractivity (Wildman–Crippen MR) is 118 cm³/mol. The lowest BCUT2D eigenvalue weighted by atomic mass is 10.2. The Morgan fingerprint density at radius 3 is 2.69 bits per heavy atom. The predicted octanol–water partition coefficient (Wildman–Crippen LogP) is 5.85. The summed E-state index contributed by atoms with van der Waals surface area (Å²) < 4.78 is 26.4. The highest BCUT2D eigenvalue weighted by Crippen LogP contribution is 2.32. The topological polar surface area (TPSA) is 82.2 Å². The van der Waals surface area contributed by atoms with Crippen molar-refractivity contribution < 1.29 is 18.3 Å². The number of furan rings is 1. The second-order valence-electron chi connectivity index (χ2n) is 6.53. The molecule has 0 unspecified atom stereocenters. The molecule has 32 heavy (non-hydrogen) atoms. The molecule has 2 aromatic carbocycles. The number of carbonyl (C=O) groups is 1. The summed E-state index contributed by atoms with van der Waals surface area (Å²) in [5, 5.41) is 7.56. The smallest absolute Gasteiger partial charge is 0.293 e. The molecule has 0 aliphatic rings. The highest BCUT2D eigenvalue weighted by Gasteiger charge is 2.15. The molecular weight excluding hydrogens is 482 g/mol. The van der Waals surface area contributed by atoms with Crippen LogP contribution in [0.15, 0.2) is 59.3 Å². The van der Waals surface area contributed by atoms with E-state index >= 15 is 0 Å². The summed E-state index contributed by atoms with van der Waals surface area (Å²) in [5.74, 6) is -0.150. The minimum absolute atomic E-state index is 0.0300. The maximum atomic E-state index is 13.9. The van der Waals surface area contributed by atoms with E-state index in [1.54, 1.807) is 30.3 Å². The van der Waals surface area contributed by atoms with E-state index in [1.165, 1.54) is 29.2 Å². The van der Waals surface area contributed by atoms with Crippen LogP contribution in [0.4, 0.5) is 10.3 Å². The number of aromatic nitrogens is 3. The Morgan fingerprint density at radius 2 is 1.88 bits per heavy atom. The van der Waals surface area contributed by atoms with Crippen LogP contribution in [0.5, 0.6) is 5.75 Å². The molecule has 2 aromatic heterocycles. The van der Waals surface area contributed by atoms with Crippen molar-refractivity contribution in [1.82, 2.24) is 14.8 Å². The summed E-state index contributed by atoms with van der Waals surface area (Å²) in [6, 6.07) is 12.5. The van der Waals surface area contributed by atoms with Gasteiger partial charge in [0.05, 0.1) is 11.6 Å². The van der Waals surface area contributed by atoms with Gasteiger partial charge in [0.15, 0.2) is 5.76 Å². The van der Waals surface area contributed by atoms with Gasteiger partial charge in [0, 0.05) is 10.6 Å². The zero-order valence-corrected chi connectivity index (χ0v) is 18.5. The number of ether oxygens (including phenoxy) is 1. The lowest BCUT2D eigenvalue weighted by molar-refractivity contribution is 0.0991. The van der Waals surface area contributed by atoms with Crippen LogP contribution in [-0.4, -0.2) is 20.7 Å². The van der Waals surface area contributed by atoms with E-state index in [0.717, 1.165) is 0 Å². The van der Waals surface area contributed by atoms with Crippen molar-refractivity contribution in [3.63, 3.8) is 0 Å². The normalized spacial score (nSPS) is 10.9. The van der Waals surface area contributed by atoms with E-state index in [0.29, 0.717) is 16.5 Å². The van der Waals surface area contributed by atoms with E-state index in [1.807, 2.05) is 0 Å². The van der Waals surface area contributed by atoms with Crippen LogP contribution in [-0.2, 0) is 13.2 Å². The molecule has 0 aliphatic carbocycles. The number of anilines is 1. The first kappa shape index (κ1) is 22.1. The lowest BCUT2D eigenvalue weighted by Crippen LogP contribution is -2.13. The second kappa shape index (κ2) is 9.60. The third-order valence-corrected chi connectivity index (χ3v) is 5.47. The molecule has 164 valence electrons. The van der Waals surface area contributed by atoms with Crippen LogP contribution in [0.25, 0.3) is 0 Å². The number of hydrogen-bond donors (Lipinski definition) is 1. The number of halogens is 4. The highest BCUT2D eigenvalue weighted by atomic mass is 35.5. The zero-order chi connectivity index (χ0) is 22.7. The first-order valence-electron chi connectivity index (χ1n) is 9.20. The maximum Gasteiger partial charge on any atom is 0.293 e. The Kier molecular flexibility index (Phi) is 6.64. The molecule has 7 nitrogen and oxygen atoms in total. The van der Waals surface area contributed by atoms with Gasteiger partial charge < -0.3 is 9.15 Å². The maximum absolute atomic E-state index is 13.9. The molecule has 0 atom stereocenters. The Hall–Kier alpha value is -3.07. The molecule has 2 heterocycles. The van der Waals surface area contributed by atoms with Gasteiger partial charge in [-0.15, -0.1) is 5.10 Å². The molecule has 0 fully saturated rings. The fourth-order valence-electron chi connectivity index (χ4n) is 2.76. The lowest BCUT2D eigenvalue weighted by Gasteiger charge is -2.07. The Bertz CT molecular complexity index is 1250. The van der Waals surface area contributed by atoms with Gasteiger partial charge in [-0.25, -0.2) is 14.1 Å². The monoisotopic (exact) mass is 494 g/mol. The first-order valence-corrected chi connectivity index (χ1v) is 10.3. The third kappa shape index (κ3) is 5.04. The van der Waals surface area contributed by atoms with Gasteiger partial charge in [0.25, 0.3) is 5.91 Å². The Balaban J connectivity index is 1.37. The molecule has 4 aromatic rings. The highest BCUT2D eigenvalue weighted by molar-refractivity contribution is 6.42. The fourth-order valence-corrected chi connectivity index (χ4v) is 3.33. The first-order chi connectivity index (χ1) is 15.4. The number of nitrogens with one attached hydrogen (secondary N) is 1. The zero-order valence-electron chi connectivity index (χ0n) is 16.2. The number of amides is 1. The van der Waals surface area contributed by atoms with Crippen molar-refractivity contribution in [2.24, 2.45) is 0 Å². The second-order valence-corrected chi connectivity index (χ2v) is 7.72. The summed E-state index contributed by atoms with van der Waals surface area (Å²) in [7, 11) is 0. The van der Waals surface area contributed by atoms with Crippen molar-refractivity contribution in [1.29, 1.82) is 0 Å². The summed E-state index contributed by atoms with van der Waals surface area (Å²) in [5.41, 5.74) is 0.271. The summed E-state index contributed by atoms with van der Waals surface area (Å²) in [4.78, 5) is 16.4. The van der Waals surface area contributed by atoms with Gasteiger partial charge in [-0.1, -0.05) is 46.9 Å². The van der Waals surface area contributed by atoms with Gasteiger partial charge in [-0.2, -0.15) is 0 Å². The van der Waals surface area contributed by atoms with Crippen LogP contribution in [0.3, 0.4) is 0 Å². The minimum atomic E-state index is -0.557. The molecular formula is C21H14Cl3FN4O3. The van der Waals surface area contributed by atoms with E-state index in [9.17, 15) is 9.18 Å². The van der Waals surface area contributed by atoms with Gasteiger partial charge in [-0.05, 0) is 36.4 Å². The van der Waals surface area contributed by atoms with Gasteiger partial charge in [0.1, 0.15) is 35.3 Å². The molecule has 0 radical (unpaired) electrons. The summed E-state index contributed by atoms with van der Waals surface area (Å²) >= 11 is 18.1. The molecule has 4 rings (SSSR count). The number of hydrogen-bond acceptors (Lipinski definition) is 5. The van der Waals surface area contributed by atoms with Crippen LogP contribution < -0.4 is 10.1 Å². The van der Waals surface area contributed by atoms with E-state index < -0.39 is 11.7 Å². The molecule has 0 spiro atoms. The number of carbonyl (C=O) groups excluding carboxylic acids is 1. The average Bonchev–Trinajstić information content (AvgIpc) is 3.41. The third-order valence-electron chi connectivity index (χ3n) is 4.32. The molecule has 0 aliphatic heterocycles. The molecule has 1 amide bonds. The van der Waals surface area contributed by atoms with Gasteiger partial charge in [0.2, 0.25) is 5.95 Å². The van der Waals surface area contributed by atoms with Crippen molar-refractivity contribution in [2.75, 3.05) is 5.32 Å². The average molecular weight is 496 g/mol. The molecule has 0 saturated carbocycles. The Morgan fingerprint density at radius 1 is 1.09 bits per heavy atom. The van der Waals surface area contributed by atoms with Crippen LogP contribution >= 0.6 is 34.8 Å². The molecule has 0 bridgehead atoms. The van der Waals surface area contributed by atoms with E-state index in [2.05, 4.69) is 15.4 Å². The SMILES string of the molecule is O=C(Nc1ncn(Cc2c(F)cccc2Cl)n1)c1ccc(COc2cccc(Cl)c2Cl)o1.